The number of aromatic nitrogens is 3. The molecule has 1 aliphatic heterocycles. The van der Waals surface area contributed by atoms with Crippen LogP contribution in [0.15, 0.2) is 104 Å². The van der Waals surface area contributed by atoms with Crippen molar-refractivity contribution in [1.29, 1.82) is 0 Å². The van der Waals surface area contributed by atoms with E-state index < -0.39 is 0 Å². The highest BCUT2D eigenvalue weighted by Gasteiger charge is 2.36. The lowest BCUT2D eigenvalue weighted by Crippen LogP contribution is -2.42. The highest BCUT2D eigenvalue weighted by Crippen LogP contribution is 2.40. The van der Waals surface area contributed by atoms with E-state index in [9.17, 15) is 10.1 Å². The van der Waals surface area contributed by atoms with Gasteiger partial charge in [0.05, 0.1) is 21.7 Å². The van der Waals surface area contributed by atoms with Crippen molar-refractivity contribution in [3.8, 4) is 11.3 Å². The standard InChI is InChI=1S/C32H28N6O2/c1-4-19-36-29(37(20-5-2)32-31(36)33-26-13-9-10-14-27(26)34-32)18-16-24-25-21-23(38(39)40)15-17-28(25)35(3)30(24)22-11-7-6-8-12-22/h4-18,21,29H,1-2,19-20H2,3H3/b18-16+. The molecular formula is C32H28N6O2. The van der Waals surface area contributed by atoms with Crippen molar-refractivity contribution < 1.29 is 4.92 Å². The number of benzene rings is 3. The van der Waals surface area contributed by atoms with E-state index in [1.807, 2.05) is 67.7 Å². The minimum absolute atomic E-state index is 0.0577. The number of rotatable bonds is 8. The number of anilines is 2. The van der Waals surface area contributed by atoms with Crippen LogP contribution in [0.3, 0.4) is 0 Å². The van der Waals surface area contributed by atoms with Crippen LogP contribution >= 0.6 is 0 Å². The summed E-state index contributed by atoms with van der Waals surface area (Å²) in [6.07, 6.45) is 7.67. The zero-order chi connectivity index (χ0) is 27.8. The van der Waals surface area contributed by atoms with E-state index in [1.54, 1.807) is 12.1 Å². The molecule has 0 amide bonds. The van der Waals surface area contributed by atoms with E-state index in [0.29, 0.717) is 13.1 Å². The molecule has 0 fully saturated rings. The van der Waals surface area contributed by atoms with Gasteiger partial charge in [-0.05, 0) is 29.8 Å². The van der Waals surface area contributed by atoms with Gasteiger partial charge < -0.3 is 14.4 Å². The van der Waals surface area contributed by atoms with Crippen LogP contribution in [-0.4, -0.2) is 38.7 Å². The predicted molar refractivity (Wildman–Crippen MR) is 162 cm³/mol. The number of hydrogen-bond acceptors (Lipinski definition) is 6. The van der Waals surface area contributed by atoms with Crippen molar-refractivity contribution in [1.82, 2.24) is 14.5 Å². The Morgan fingerprint density at radius 2 is 1.50 bits per heavy atom. The van der Waals surface area contributed by atoms with Crippen molar-refractivity contribution in [3.05, 3.63) is 120 Å². The Bertz CT molecular complexity index is 1750. The molecule has 6 rings (SSSR count). The summed E-state index contributed by atoms with van der Waals surface area (Å²) in [7, 11) is 1.99. The van der Waals surface area contributed by atoms with Crippen LogP contribution in [0.1, 0.15) is 5.56 Å². The van der Waals surface area contributed by atoms with E-state index in [-0.39, 0.29) is 16.8 Å². The Balaban J connectivity index is 1.54. The van der Waals surface area contributed by atoms with Gasteiger partial charge in [0.15, 0.2) is 11.6 Å². The molecule has 8 heteroatoms. The van der Waals surface area contributed by atoms with Gasteiger partial charge in [-0.25, -0.2) is 9.97 Å². The number of nitro benzene ring substituents is 1. The van der Waals surface area contributed by atoms with Crippen molar-refractivity contribution in [2.24, 2.45) is 7.05 Å². The van der Waals surface area contributed by atoms with Gasteiger partial charge in [0.25, 0.3) is 5.69 Å². The Labute approximate surface area is 232 Å². The lowest BCUT2D eigenvalue weighted by atomic mass is 10.0. The monoisotopic (exact) mass is 528 g/mol. The Morgan fingerprint density at radius 3 is 2.08 bits per heavy atom. The molecule has 0 aliphatic carbocycles. The van der Waals surface area contributed by atoms with E-state index >= 15 is 0 Å². The number of fused-ring (bicyclic) bond motifs is 3. The molecule has 0 unspecified atom stereocenters. The summed E-state index contributed by atoms with van der Waals surface area (Å²) in [5.41, 5.74) is 5.54. The number of aryl methyl sites for hydroxylation is 1. The maximum absolute atomic E-state index is 11.7. The van der Waals surface area contributed by atoms with Crippen molar-refractivity contribution in [2.45, 2.75) is 6.17 Å². The third-order valence-electron chi connectivity index (χ3n) is 7.28. The largest absolute Gasteiger partial charge is 0.343 e. The molecule has 0 saturated heterocycles. The number of para-hydroxylation sites is 2. The van der Waals surface area contributed by atoms with Gasteiger partial charge >= 0.3 is 0 Å². The van der Waals surface area contributed by atoms with Crippen LogP contribution in [0.25, 0.3) is 39.3 Å². The normalized spacial score (nSPS) is 13.4. The first-order chi connectivity index (χ1) is 19.5. The van der Waals surface area contributed by atoms with Crippen molar-refractivity contribution >= 4 is 45.3 Å². The van der Waals surface area contributed by atoms with Crippen molar-refractivity contribution in [3.63, 3.8) is 0 Å². The third-order valence-corrected chi connectivity index (χ3v) is 7.28. The van der Waals surface area contributed by atoms with Gasteiger partial charge in [0.2, 0.25) is 0 Å². The van der Waals surface area contributed by atoms with Gasteiger partial charge in [-0.2, -0.15) is 0 Å². The van der Waals surface area contributed by atoms with Crippen LogP contribution in [0.4, 0.5) is 17.3 Å². The summed E-state index contributed by atoms with van der Waals surface area (Å²) in [5, 5.41) is 12.5. The van der Waals surface area contributed by atoms with E-state index in [2.05, 4.69) is 51.8 Å². The summed E-state index contributed by atoms with van der Waals surface area (Å²) in [6.45, 7) is 9.10. The van der Waals surface area contributed by atoms with Gasteiger partial charge in [-0.1, -0.05) is 60.7 Å². The molecule has 0 N–H and O–H groups in total. The quantitative estimate of drug-likeness (QED) is 0.126. The van der Waals surface area contributed by atoms with Crippen LogP contribution in [0.5, 0.6) is 0 Å². The summed E-state index contributed by atoms with van der Waals surface area (Å²) in [6, 6.07) is 22.9. The highest BCUT2D eigenvalue weighted by atomic mass is 16.6. The van der Waals surface area contributed by atoms with Gasteiger partial charge in [-0.3, -0.25) is 10.1 Å². The number of nitrogens with zero attached hydrogens (tertiary/aromatic N) is 6. The number of hydrogen-bond donors (Lipinski definition) is 0. The fraction of sp³-hybridized carbons (Fsp3) is 0.125. The SMILES string of the molecule is C=CCN1c2nc3ccccc3nc2N(CC=C)C1/C=C/c1c(-c2ccccc2)n(C)c2ccc([N+](=O)[O-])cc12. The van der Waals surface area contributed by atoms with Crippen LogP contribution < -0.4 is 9.80 Å². The third kappa shape index (κ3) is 4.10. The van der Waals surface area contributed by atoms with E-state index in [0.717, 1.165) is 50.4 Å². The maximum atomic E-state index is 11.7. The molecule has 0 spiro atoms. The average molecular weight is 529 g/mol. The summed E-state index contributed by atoms with van der Waals surface area (Å²) < 4.78 is 2.09. The first-order valence-electron chi connectivity index (χ1n) is 13.0. The second-order valence-corrected chi connectivity index (χ2v) is 9.66. The maximum Gasteiger partial charge on any atom is 0.270 e. The second kappa shape index (κ2) is 10.1. The Morgan fingerprint density at radius 1 is 0.900 bits per heavy atom. The smallest absolute Gasteiger partial charge is 0.270 e. The topological polar surface area (TPSA) is 80.3 Å². The van der Waals surface area contributed by atoms with Crippen molar-refractivity contribution in [2.75, 3.05) is 22.9 Å². The predicted octanol–water partition coefficient (Wildman–Crippen LogP) is 6.73. The molecule has 3 heterocycles. The van der Waals surface area contributed by atoms with E-state index in [1.165, 1.54) is 0 Å². The van der Waals surface area contributed by atoms with Gasteiger partial charge in [-0.15, -0.1) is 13.2 Å². The Hall–Kier alpha value is -5.24. The van der Waals surface area contributed by atoms with Crippen LogP contribution in [-0.2, 0) is 7.05 Å². The summed E-state index contributed by atoms with van der Waals surface area (Å²) >= 11 is 0. The molecule has 5 aromatic rings. The zero-order valence-corrected chi connectivity index (χ0v) is 22.1. The molecule has 0 saturated carbocycles. The van der Waals surface area contributed by atoms with Crippen LogP contribution in [0, 0.1) is 10.1 Å². The molecule has 1 aliphatic rings. The molecule has 3 aromatic carbocycles. The molecule has 40 heavy (non-hydrogen) atoms. The van der Waals surface area contributed by atoms with Crippen LogP contribution in [0.2, 0.25) is 0 Å². The highest BCUT2D eigenvalue weighted by molar-refractivity contribution is 5.99. The molecule has 0 atom stereocenters. The molecule has 0 bridgehead atoms. The lowest BCUT2D eigenvalue weighted by Gasteiger charge is -2.28. The fourth-order valence-electron chi connectivity index (χ4n) is 5.53. The van der Waals surface area contributed by atoms with Gasteiger partial charge in [0, 0.05) is 48.7 Å². The summed E-state index contributed by atoms with van der Waals surface area (Å²) in [5.74, 6) is 1.57. The molecule has 0 radical (unpaired) electrons. The summed E-state index contributed by atoms with van der Waals surface area (Å²) in [4.78, 5) is 25.6. The molecular weight excluding hydrogens is 500 g/mol. The number of non-ortho nitro benzene ring substituents is 1. The van der Waals surface area contributed by atoms with Gasteiger partial charge in [0.1, 0.15) is 6.17 Å². The average Bonchev–Trinajstić information content (AvgIpc) is 3.41. The second-order valence-electron chi connectivity index (χ2n) is 9.66. The first-order valence-corrected chi connectivity index (χ1v) is 13.0. The lowest BCUT2D eigenvalue weighted by molar-refractivity contribution is -0.384. The van der Waals surface area contributed by atoms with E-state index in [4.69, 9.17) is 9.97 Å². The first kappa shape index (κ1) is 25.1. The molecule has 8 nitrogen and oxygen atoms in total. The Kier molecular flexibility index (Phi) is 6.36. The fourth-order valence-corrected chi connectivity index (χ4v) is 5.53. The minimum atomic E-state index is -0.352. The zero-order valence-electron chi connectivity index (χ0n) is 22.1. The molecule has 2 aromatic heterocycles. The minimum Gasteiger partial charge on any atom is -0.343 e. The number of nitro groups is 1. The molecule has 198 valence electrons.